The molecule has 0 radical (unpaired) electrons. The zero-order valence-corrected chi connectivity index (χ0v) is 10.8. The van der Waals surface area contributed by atoms with Crippen LogP contribution < -0.4 is 5.32 Å². The smallest absolute Gasteiger partial charge is 0.0707 e. The molecule has 90 valence electrons. The maximum absolute atomic E-state index is 4.57. The first kappa shape index (κ1) is 12.1. The molecule has 2 nitrogen and oxygen atoms in total. The molecule has 1 unspecified atom stereocenters. The molecule has 0 amide bonds. The molecule has 1 aromatic carbocycles. The Morgan fingerprint density at radius 2 is 2.06 bits per heavy atom. The molecular weight excluding hydrogens is 208 g/mol. The number of fused-ring (bicyclic) bond motifs is 1. The van der Waals surface area contributed by atoms with E-state index in [1.165, 1.54) is 10.9 Å². The van der Waals surface area contributed by atoms with E-state index in [1.807, 2.05) is 7.05 Å². The van der Waals surface area contributed by atoms with Crippen molar-refractivity contribution in [1.82, 2.24) is 10.3 Å². The van der Waals surface area contributed by atoms with Crippen molar-refractivity contribution in [2.75, 3.05) is 7.05 Å². The summed E-state index contributed by atoms with van der Waals surface area (Å²) in [4.78, 5) is 4.57. The highest BCUT2D eigenvalue weighted by molar-refractivity contribution is 5.82. The molecule has 0 saturated carbocycles. The van der Waals surface area contributed by atoms with Crippen LogP contribution in [0.1, 0.15) is 24.6 Å². The summed E-state index contributed by atoms with van der Waals surface area (Å²) in [5.41, 5.74) is 3.63. The number of para-hydroxylation sites is 1. The molecular formula is C15H20N2. The van der Waals surface area contributed by atoms with Crippen molar-refractivity contribution in [1.29, 1.82) is 0 Å². The largest absolute Gasteiger partial charge is 0.317 e. The van der Waals surface area contributed by atoms with Crippen LogP contribution in [0.5, 0.6) is 0 Å². The molecule has 0 saturated heterocycles. The molecule has 1 atom stereocenters. The number of rotatable bonds is 4. The van der Waals surface area contributed by atoms with Crippen LogP contribution in [0, 0.1) is 6.92 Å². The van der Waals surface area contributed by atoms with Crippen LogP contribution in [-0.2, 0) is 6.42 Å². The van der Waals surface area contributed by atoms with E-state index in [9.17, 15) is 0 Å². The van der Waals surface area contributed by atoms with E-state index in [0.717, 1.165) is 24.1 Å². The second kappa shape index (κ2) is 5.28. The molecule has 1 aromatic heterocycles. The average Bonchev–Trinajstić information content (AvgIpc) is 2.35. The number of nitrogens with zero attached hydrogens (tertiary/aromatic N) is 1. The number of benzene rings is 1. The number of hydrogen-bond donors (Lipinski definition) is 1. The molecule has 1 N–H and O–H groups in total. The topological polar surface area (TPSA) is 24.9 Å². The minimum Gasteiger partial charge on any atom is -0.317 e. The summed E-state index contributed by atoms with van der Waals surface area (Å²) in [6.45, 7) is 4.29. The van der Waals surface area contributed by atoms with Gasteiger partial charge in [0.15, 0.2) is 0 Å². The zero-order valence-electron chi connectivity index (χ0n) is 10.8. The van der Waals surface area contributed by atoms with E-state index in [-0.39, 0.29) is 0 Å². The lowest BCUT2D eigenvalue weighted by Crippen LogP contribution is -2.21. The van der Waals surface area contributed by atoms with Gasteiger partial charge in [-0.1, -0.05) is 18.2 Å². The average molecular weight is 228 g/mol. The molecule has 1 heterocycles. The minimum absolute atomic E-state index is 0.558. The zero-order chi connectivity index (χ0) is 12.3. The van der Waals surface area contributed by atoms with Crippen LogP contribution in [-0.4, -0.2) is 18.1 Å². The molecule has 17 heavy (non-hydrogen) atoms. The fraction of sp³-hybridized carbons (Fsp3) is 0.400. The first-order valence-corrected chi connectivity index (χ1v) is 6.23. The lowest BCUT2D eigenvalue weighted by Gasteiger charge is -2.12. The van der Waals surface area contributed by atoms with Crippen LogP contribution in [0.3, 0.4) is 0 Å². The van der Waals surface area contributed by atoms with E-state index < -0.39 is 0 Å². The summed E-state index contributed by atoms with van der Waals surface area (Å²) in [6, 6.07) is 11.2. The Labute approximate surface area is 103 Å². The molecule has 0 bridgehead atoms. The van der Waals surface area contributed by atoms with E-state index in [1.54, 1.807) is 0 Å². The van der Waals surface area contributed by atoms with Crippen LogP contribution in [0.25, 0.3) is 10.9 Å². The standard InChI is InChI=1S/C15H20N2/c1-11(16-3)8-9-13-10-12(2)17-15-7-5-4-6-14(13)15/h4-7,10-11,16H,8-9H2,1-3H3. The first-order valence-electron chi connectivity index (χ1n) is 6.23. The van der Waals surface area contributed by atoms with Crippen molar-refractivity contribution in [3.63, 3.8) is 0 Å². The molecule has 0 aliphatic heterocycles. The van der Waals surface area contributed by atoms with Gasteiger partial charge in [0, 0.05) is 17.1 Å². The van der Waals surface area contributed by atoms with Crippen LogP contribution in [0.2, 0.25) is 0 Å². The predicted octanol–water partition coefficient (Wildman–Crippen LogP) is 3.08. The fourth-order valence-corrected chi connectivity index (χ4v) is 2.12. The lowest BCUT2D eigenvalue weighted by atomic mass is 10.0. The van der Waals surface area contributed by atoms with Gasteiger partial charge in [0.25, 0.3) is 0 Å². The highest BCUT2D eigenvalue weighted by Crippen LogP contribution is 2.19. The summed E-state index contributed by atoms with van der Waals surface area (Å²) in [6.07, 6.45) is 2.26. The number of pyridine rings is 1. The van der Waals surface area contributed by atoms with Gasteiger partial charge in [-0.2, -0.15) is 0 Å². The molecule has 0 fully saturated rings. The molecule has 2 heteroatoms. The van der Waals surface area contributed by atoms with Gasteiger partial charge in [-0.15, -0.1) is 0 Å². The van der Waals surface area contributed by atoms with Crippen molar-refractivity contribution in [2.24, 2.45) is 0 Å². The van der Waals surface area contributed by atoms with Gasteiger partial charge < -0.3 is 5.32 Å². The Hall–Kier alpha value is -1.41. The quantitative estimate of drug-likeness (QED) is 0.870. The maximum Gasteiger partial charge on any atom is 0.0707 e. The van der Waals surface area contributed by atoms with Crippen LogP contribution >= 0.6 is 0 Å². The highest BCUT2D eigenvalue weighted by Gasteiger charge is 2.05. The molecule has 2 aromatic rings. The lowest BCUT2D eigenvalue weighted by molar-refractivity contribution is 0.566. The molecule has 0 aliphatic carbocycles. The summed E-state index contributed by atoms with van der Waals surface area (Å²) in [5, 5.41) is 4.58. The van der Waals surface area contributed by atoms with Crippen molar-refractivity contribution < 1.29 is 0 Å². The van der Waals surface area contributed by atoms with Gasteiger partial charge in [-0.3, -0.25) is 4.98 Å². The third-order valence-corrected chi connectivity index (χ3v) is 3.27. The van der Waals surface area contributed by atoms with Crippen LogP contribution in [0.4, 0.5) is 0 Å². The first-order chi connectivity index (χ1) is 8.20. The minimum atomic E-state index is 0.558. The Kier molecular flexibility index (Phi) is 3.75. The monoisotopic (exact) mass is 228 g/mol. The van der Waals surface area contributed by atoms with Crippen molar-refractivity contribution in [3.8, 4) is 0 Å². The SMILES string of the molecule is CNC(C)CCc1cc(C)nc2ccccc12. The molecule has 0 aliphatic rings. The number of aryl methyl sites for hydroxylation is 2. The van der Waals surface area contributed by atoms with Gasteiger partial charge >= 0.3 is 0 Å². The van der Waals surface area contributed by atoms with Crippen molar-refractivity contribution >= 4 is 10.9 Å². The fourth-order valence-electron chi connectivity index (χ4n) is 2.12. The summed E-state index contributed by atoms with van der Waals surface area (Å²) < 4.78 is 0. The third kappa shape index (κ3) is 2.83. The van der Waals surface area contributed by atoms with E-state index in [0.29, 0.717) is 6.04 Å². The normalized spacial score (nSPS) is 12.9. The van der Waals surface area contributed by atoms with Gasteiger partial charge in [0.2, 0.25) is 0 Å². The van der Waals surface area contributed by atoms with Gasteiger partial charge in [0.1, 0.15) is 0 Å². The third-order valence-electron chi connectivity index (χ3n) is 3.27. The maximum atomic E-state index is 4.57. The summed E-state index contributed by atoms with van der Waals surface area (Å²) in [5.74, 6) is 0. The van der Waals surface area contributed by atoms with Crippen LogP contribution in [0.15, 0.2) is 30.3 Å². The Bertz CT molecular complexity index is 505. The van der Waals surface area contributed by atoms with Crippen molar-refractivity contribution in [3.05, 3.63) is 41.6 Å². The summed E-state index contributed by atoms with van der Waals surface area (Å²) in [7, 11) is 2.01. The summed E-state index contributed by atoms with van der Waals surface area (Å²) >= 11 is 0. The molecule has 2 rings (SSSR count). The highest BCUT2D eigenvalue weighted by atomic mass is 14.8. The van der Waals surface area contributed by atoms with E-state index in [4.69, 9.17) is 0 Å². The Morgan fingerprint density at radius 3 is 2.82 bits per heavy atom. The Morgan fingerprint density at radius 1 is 1.29 bits per heavy atom. The predicted molar refractivity (Wildman–Crippen MR) is 73.3 cm³/mol. The number of aromatic nitrogens is 1. The number of nitrogens with one attached hydrogen (secondary N) is 1. The van der Waals surface area contributed by atoms with Gasteiger partial charge in [-0.25, -0.2) is 0 Å². The Balaban J connectivity index is 2.32. The van der Waals surface area contributed by atoms with Gasteiger partial charge in [0.05, 0.1) is 5.52 Å². The second-order valence-corrected chi connectivity index (χ2v) is 4.67. The number of hydrogen-bond acceptors (Lipinski definition) is 2. The van der Waals surface area contributed by atoms with Crippen molar-refractivity contribution in [2.45, 2.75) is 32.7 Å². The van der Waals surface area contributed by atoms with E-state index >= 15 is 0 Å². The second-order valence-electron chi connectivity index (χ2n) is 4.67. The van der Waals surface area contributed by atoms with E-state index in [2.05, 4.69) is 54.5 Å². The molecule has 0 spiro atoms. The van der Waals surface area contributed by atoms with Gasteiger partial charge in [-0.05, 0) is 51.4 Å².